The summed E-state index contributed by atoms with van der Waals surface area (Å²) >= 11 is 0. The van der Waals surface area contributed by atoms with Crippen molar-refractivity contribution in [3.8, 4) is 0 Å². The molecule has 0 bridgehead atoms. The van der Waals surface area contributed by atoms with E-state index in [1.165, 1.54) is 19.2 Å². The minimum atomic E-state index is 0.374. The van der Waals surface area contributed by atoms with Gasteiger partial charge in [0.15, 0.2) is 11.5 Å². The largest absolute Gasteiger partial charge is 0.366 e. The monoisotopic (exact) mass is 259 g/mol. The van der Waals surface area contributed by atoms with Crippen molar-refractivity contribution in [1.82, 2.24) is 19.9 Å². The zero-order valence-corrected chi connectivity index (χ0v) is 11.8. The Balaban J connectivity index is 2.00. The first-order valence-corrected chi connectivity index (χ1v) is 6.85. The van der Waals surface area contributed by atoms with Gasteiger partial charge in [-0.1, -0.05) is 26.7 Å². The van der Waals surface area contributed by atoms with Crippen LogP contribution in [0.1, 0.15) is 40.0 Å². The van der Waals surface area contributed by atoms with Gasteiger partial charge in [0.25, 0.3) is 0 Å². The number of hydrogen-bond acceptors (Lipinski definition) is 5. The Bertz CT molecular complexity index is 521. The highest BCUT2D eigenvalue weighted by Gasteiger charge is 2.09. The molecule has 0 saturated carbocycles. The van der Waals surface area contributed by atoms with E-state index in [-0.39, 0.29) is 0 Å². The van der Waals surface area contributed by atoms with E-state index in [2.05, 4.69) is 46.0 Å². The van der Waals surface area contributed by atoms with Gasteiger partial charge in [0.1, 0.15) is 11.8 Å². The average Bonchev–Trinajstić information content (AvgIpc) is 2.39. The number of rotatable bonds is 6. The average molecular weight is 259 g/mol. The van der Waals surface area contributed by atoms with Crippen LogP contribution in [0.3, 0.4) is 0 Å². The lowest BCUT2D eigenvalue weighted by molar-refractivity contribution is 0.520. The van der Waals surface area contributed by atoms with Gasteiger partial charge in [-0.25, -0.2) is 19.9 Å². The van der Waals surface area contributed by atoms with E-state index < -0.39 is 0 Å². The molecular weight excluding hydrogens is 238 g/mol. The second kappa shape index (κ2) is 6.41. The molecule has 0 spiro atoms. The zero-order valence-electron chi connectivity index (χ0n) is 11.8. The Labute approximate surface area is 113 Å². The van der Waals surface area contributed by atoms with Crippen LogP contribution in [-0.4, -0.2) is 26.0 Å². The number of nitrogens with one attached hydrogen (secondary N) is 1. The van der Waals surface area contributed by atoms with E-state index in [0.29, 0.717) is 11.7 Å². The van der Waals surface area contributed by atoms with Crippen molar-refractivity contribution < 1.29 is 0 Å². The van der Waals surface area contributed by atoms with Gasteiger partial charge in [0.05, 0.1) is 0 Å². The molecule has 19 heavy (non-hydrogen) atoms. The van der Waals surface area contributed by atoms with Gasteiger partial charge in [0, 0.05) is 18.4 Å². The second-order valence-electron chi connectivity index (χ2n) is 5.32. The summed E-state index contributed by atoms with van der Waals surface area (Å²) in [5.41, 5.74) is 1.37. The fraction of sp³-hybridized carbons (Fsp3) is 0.571. The summed E-state index contributed by atoms with van der Waals surface area (Å²) in [5.74, 6) is 1.54. The second-order valence-corrected chi connectivity index (χ2v) is 5.32. The molecule has 1 N–H and O–H groups in total. The van der Waals surface area contributed by atoms with Gasteiger partial charge < -0.3 is 5.32 Å². The summed E-state index contributed by atoms with van der Waals surface area (Å²) < 4.78 is 0. The number of aromatic nitrogens is 4. The molecule has 0 fully saturated rings. The molecule has 2 heterocycles. The topological polar surface area (TPSA) is 63.6 Å². The zero-order chi connectivity index (χ0) is 13.7. The summed E-state index contributed by atoms with van der Waals surface area (Å²) in [7, 11) is 0. The first-order chi connectivity index (χ1) is 9.16. The van der Waals surface area contributed by atoms with Crippen molar-refractivity contribution in [2.45, 2.75) is 46.1 Å². The molecule has 0 radical (unpaired) electrons. The van der Waals surface area contributed by atoms with Crippen LogP contribution in [0, 0.1) is 5.92 Å². The maximum atomic E-state index is 4.29. The fourth-order valence-corrected chi connectivity index (χ4v) is 2.04. The molecule has 0 aliphatic carbocycles. The normalized spacial score (nSPS) is 12.8. The molecule has 0 aromatic carbocycles. The lowest BCUT2D eigenvalue weighted by atomic mass is 10.0. The summed E-state index contributed by atoms with van der Waals surface area (Å²) in [6.07, 6.45) is 8.45. The van der Waals surface area contributed by atoms with Crippen molar-refractivity contribution in [3.05, 3.63) is 18.7 Å². The molecule has 2 aromatic heterocycles. The predicted molar refractivity (Wildman–Crippen MR) is 76.9 cm³/mol. The molecule has 0 aliphatic rings. The van der Waals surface area contributed by atoms with Crippen LogP contribution in [0.15, 0.2) is 18.7 Å². The summed E-state index contributed by atoms with van der Waals surface area (Å²) in [6.45, 7) is 6.68. The number of nitrogens with zero attached hydrogens (tertiary/aromatic N) is 4. The third-order valence-corrected chi connectivity index (χ3v) is 3.07. The van der Waals surface area contributed by atoms with Crippen molar-refractivity contribution in [2.24, 2.45) is 5.92 Å². The van der Waals surface area contributed by atoms with E-state index in [1.54, 1.807) is 12.4 Å². The molecule has 5 heteroatoms. The Hall–Kier alpha value is -1.78. The van der Waals surface area contributed by atoms with Gasteiger partial charge in [-0.2, -0.15) is 0 Å². The minimum Gasteiger partial charge on any atom is -0.366 e. The van der Waals surface area contributed by atoms with E-state index in [1.807, 2.05) is 0 Å². The van der Waals surface area contributed by atoms with Gasteiger partial charge >= 0.3 is 0 Å². The summed E-state index contributed by atoms with van der Waals surface area (Å²) in [5, 5.41) is 3.40. The molecule has 0 saturated heterocycles. The minimum absolute atomic E-state index is 0.374. The highest BCUT2D eigenvalue weighted by molar-refractivity contribution is 5.81. The van der Waals surface area contributed by atoms with Crippen molar-refractivity contribution in [1.29, 1.82) is 0 Å². The van der Waals surface area contributed by atoms with Crippen LogP contribution in [0.4, 0.5) is 5.82 Å². The molecule has 2 rings (SSSR count). The first-order valence-electron chi connectivity index (χ1n) is 6.85. The number of fused-ring (bicyclic) bond motifs is 1. The maximum absolute atomic E-state index is 4.29. The van der Waals surface area contributed by atoms with E-state index >= 15 is 0 Å². The molecule has 0 amide bonds. The molecule has 0 aliphatic heterocycles. The third kappa shape index (κ3) is 3.84. The third-order valence-electron chi connectivity index (χ3n) is 3.07. The predicted octanol–water partition coefficient (Wildman–Crippen LogP) is 3.05. The quantitative estimate of drug-likeness (QED) is 0.863. The van der Waals surface area contributed by atoms with Crippen LogP contribution in [0.5, 0.6) is 0 Å². The van der Waals surface area contributed by atoms with Crippen molar-refractivity contribution in [3.63, 3.8) is 0 Å². The Kier molecular flexibility index (Phi) is 4.60. The smallest absolute Gasteiger partial charge is 0.183 e. The first kappa shape index (κ1) is 13.6. The fourth-order valence-electron chi connectivity index (χ4n) is 2.04. The Morgan fingerprint density at radius 2 is 1.79 bits per heavy atom. The SMILES string of the molecule is CC(C)CCC[C@@H](C)Nc1ncnc2nccnc12. The molecule has 0 unspecified atom stereocenters. The standard InChI is InChI=1S/C14H21N5/c1-10(2)5-4-6-11(3)19-14-12-13(17-9-18-14)16-8-7-15-12/h7-11H,4-6H2,1-3H3,(H,16,17,18,19)/t11-/m1/s1. The Morgan fingerprint density at radius 3 is 2.58 bits per heavy atom. The molecular formula is C14H21N5. The highest BCUT2D eigenvalue weighted by atomic mass is 15.1. The van der Waals surface area contributed by atoms with Crippen LogP contribution in [0.25, 0.3) is 11.2 Å². The van der Waals surface area contributed by atoms with Gasteiger partial charge in [-0.05, 0) is 19.3 Å². The Morgan fingerprint density at radius 1 is 1.00 bits per heavy atom. The number of anilines is 1. The van der Waals surface area contributed by atoms with Crippen molar-refractivity contribution >= 4 is 17.0 Å². The van der Waals surface area contributed by atoms with Gasteiger partial charge in [0.2, 0.25) is 0 Å². The van der Waals surface area contributed by atoms with Crippen LogP contribution in [0.2, 0.25) is 0 Å². The van der Waals surface area contributed by atoms with Crippen LogP contribution >= 0.6 is 0 Å². The lowest BCUT2D eigenvalue weighted by Crippen LogP contribution is -2.16. The van der Waals surface area contributed by atoms with Crippen LogP contribution in [-0.2, 0) is 0 Å². The van der Waals surface area contributed by atoms with E-state index in [9.17, 15) is 0 Å². The molecule has 102 valence electrons. The van der Waals surface area contributed by atoms with Gasteiger partial charge in [-0.3, -0.25) is 0 Å². The molecule has 5 nitrogen and oxygen atoms in total. The van der Waals surface area contributed by atoms with E-state index in [4.69, 9.17) is 0 Å². The summed E-state index contributed by atoms with van der Waals surface area (Å²) in [6, 6.07) is 0.374. The summed E-state index contributed by atoms with van der Waals surface area (Å²) in [4.78, 5) is 16.8. The highest BCUT2D eigenvalue weighted by Crippen LogP contribution is 2.16. The number of hydrogen-bond donors (Lipinski definition) is 1. The lowest BCUT2D eigenvalue weighted by Gasteiger charge is -2.15. The molecule has 2 aromatic rings. The van der Waals surface area contributed by atoms with Crippen molar-refractivity contribution in [2.75, 3.05) is 5.32 Å². The van der Waals surface area contributed by atoms with Crippen LogP contribution < -0.4 is 5.32 Å². The molecule has 1 atom stereocenters. The maximum Gasteiger partial charge on any atom is 0.183 e. The van der Waals surface area contributed by atoms with Gasteiger partial charge in [-0.15, -0.1) is 0 Å². The van der Waals surface area contributed by atoms with E-state index in [0.717, 1.165) is 23.7 Å².